The zero-order chi connectivity index (χ0) is 17.5. The van der Waals surface area contributed by atoms with E-state index in [-0.39, 0.29) is 17.9 Å². The Morgan fingerprint density at radius 2 is 1.83 bits per heavy atom. The van der Waals surface area contributed by atoms with Crippen molar-refractivity contribution in [2.75, 3.05) is 34.9 Å². The van der Waals surface area contributed by atoms with E-state index in [9.17, 15) is 4.79 Å². The largest absolute Gasteiger partial charge is 0.493 e. The molecule has 0 aliphatic heterocycles. The van der Waals surface area contributed by atoms with Gasteiger partial charge in [-0.1, -0.05) is 25.3 Å². The van der Waals surface area contributed by atoms with Crippen molar-refractivity contribution in [1.29, 1.82) is 0 Å². The van der Waals surface area contributed by atoms with Crippen LogP contribution < -0.4 is 14.8 Å². The van der Waals surface area contributed by atoms with E-state index in [0.717, 1.165) is 18.4 Å². The molecule has 1 aliphatic carbocycles. The Kier molecular flexibility index (Phi) is 6.91. The lowest BCUT2D eigenvalue weighted by atomic mass is 9.88. The van der Waals surface area contributed by atoms with Crippen molar-refractivity contribution < 1.29 is 14.3 Å². The van der Waals surface area contributed by atoms with E-state index in [4.69, 9.17) is 9.47 Å². The maximum Gasteiger partial charge on any atom is 0.223 e. The SMILES string of the molecule is COc1ccc(C(CNC(=O)C2CCCCC2)N(C)C)cc1OC. The minimum Gasteiger partial charge on any atom is -0.493 e. The standard InChI is InChI=1S/C19H30N2O3/c1-21(2)16(13-20-19(22)14-8-6-5-7-9-14)15-10-11-17(23-3)18(12-15)24-4/h10-12,14,16H,5-9,13H2,1-4H3,(H,20,22). The number of carbonyl (C=O) groups excluding carboxylic acids is 1. The van der Waals surface area contributed by atoms with Gasteiger partial charge in [0.25, 0.3) is 0 Å². The Morgan fingerprint density at radius 1 is 1.17 bits per heavy atom. The number of rotatable bonds is 7. The van der Waals surface area contributed by atoms with Gasteiger partial charge in [-0.05, 0) is 44.6 Å². The summed E-state index contributed by atoms with van der Waals surface area (Å²) in [5, 5.41) is 3.15. The Hall–Kier alpha value is -1.75. The average molecular weight is 334 g/mol. The number of carbonyl (C=O) groups is 1. The molecule has 0 spiro atoms. The first-order valence-corrected chi connectivity index (χ1v) is 8.73. The van der Waals surface area contributed by atoms with Crippen molar-refractivity contribution in [3.8, 4) is 11.5 Å². The van der Waals surface area contributed by atoms with Gasteiger partial charge in [0.15, 0.2) is 11.5 Å². The van der Waals surface area contributed by atoms with Gasteiger partial charge in [0.1, 0.15) is 0 Å². The van der Waals surface area contributed by atoms with Crippen molar-refractivity contribution >= 4 is 5.91 Å². The minimum atomic E-state index is 0.0948. The second kappa shape index (κ2) is 8.92. The predicted molar refractivity (Wildman–Crippen MR) is 95.6 cm³/mol. The van der Waals surface area contributed by atoms with Crippen LogP contribution in [-0.2, 0) is 4.79 Å². The normalized spacial score (nSPS) is 16.7. The summed E-state index contributed by atoms with van der Waals surface area (Å²) in [5.74, 6) is 1.81. The van der Waals surface area contributed by atoms with E-state index in [0.29, 0.717) is 18.0 Å². The quantitative estimate of drug-likeness (QED) is 0.833. The van der Waals surface area contributed by atoms with Crippen molar-refractivity contribution in [3.05, 3.63) is 23.8 Å². The third kappa shape index (κ3) is 4.63. The van der Waals surface area contributed by atoms with Crippen LogP contribution in [0.3, 0.4) is 0 Å². The second-order valence-corrected chi connectivity index (χ2v) is 6.67. The lowest BCUT2D eigenvalue weighted by Crippen LogP contribution is -2.38. The highest BCUT2D eigenvalue weighted by atomic mass is 16.5. The molecule has 0 aromatic heterocycles. The molecule has 24 heavy (non-hydrogen) atoms. The van der Waals surface area contributed by atoms with Crippen LogP contribution in [0.2, 0.25) is 0 Å². The van der Waals surface area contributed by atoms with Gasteiger partial charge in [0.2, 0.25) is 5.91 Å². The Labute approximate surface area is 145 Å². The summed E-state index contributed by atoms with van der Waals surface area (Å²) < 4.78 is 10.7. The molecule has 5 nitrogen and oxygen atoms in total. The molecule has 1 atom stereocenters. The van der Waals surface area contributed by atoms with Gasteiger partial charge in [-0.3, -0.25) is 4.79 Å². The molecule has 134 valence electrons. The summed E-state index contributed by atoms with van der Waals surface area (Å²) in [6, 6.07) is 6.01. The van der Waals surface area contributed by atoms with E-state index >= 15 is 0 Å². The Balaban J connectivity index is 2.05. The molecule has 1 aromatic rings. The van der Waals surface area contributed by atoms with Gasteiger partial charge in [-0.2, -0.15) is 0 Å². The lowest BCUT2D eigenvalue weighted by molar-refractivity contribution is -0.126. The number of nitrogens with zero attached hydrogens (tertiary/aromatic N) is 1. The highest BCUT2D eigenvalue weighted by Gasteiger charge is 2.23. The fraction of sp³-hybridized carbons (Fsp3) is 0.632. The average Bonchev–Trinajstić information content (AvgIpc) is 2.61. The summed E-state index contributed by atoms with van der Waals surface area (Å²) in [5.41, 5.74) is 1.10. The molecule has 0 saturated heterocycles. The fourth-order valence-electron chi connectivity index (χ4n) is 3.37. The van der Waals surface area contributed by atoms with E-state index in [1.165, 1.54) is 19.3 Å². The highest BCUT2D eigenvalue weighted by Crippen LogP contribution is 2.31. The molecular weight excluding hydrogens is 304 g/mol. The number of methoxy groups -OCH3 is 2. The first kappa shape index (κ1) is 18.6. The van der Waals surface area contributed by atoms with Gasteiger partial charge in [0.05, 0.1) is 20.3 Å². The van der Waals surface area contributed by atoms with E-state index in [1.54, 1.807) is 14.2 Å². The lowest BCUT2D eigenvalue weighted by Gasteiger charge is -2.27. The molecular formula is C19H30N2O3. The van der Waals surface area contributed by atoms with Gasteiger partial charge in [0, 0.05) is 12.5 Å². The molecule has 1 aliphatic rings. The van der Waals surface area contributed by atoms with Crippen molar-refractivity contribution in [2.45, 2.75) is 38.1 Å². The molecule has 1 fully saturated rings. The van der Waals surface area contributed by atoms with E-state index < -0.39 is 0 Å². The summed E-state index contributed by atoms with van der Waals surface area (Å²) in [6.07, 6.45) is 5.65. The van der Waals surface area contributed by atoms with Crippen LogP contribution >= 0.6 is 0 Å². The first-order valence-electron chi connectivity index (χ1n) is 8.73. The second-order valence-electron chi connectivity index (χ2n) is 6.67. The number of amides is 1. The molecule has 5 heteroatoms. The molecule has 2 rings (SSSR count). The summed E-state index contributed by atoms with van der Waals surface area (Å²) >= 11 is 0. The first-order chi connectivity index (χ1) is 11.6. The predicted octanol–water partition coefficient (Wildman–Crippen LogP) is 3.00. The third-order valence-electron chi connectivity index (χ3n) is 4.86. The van der Waals surface area contributed by atoms with Crippen molar-refractivity contribution in [2.24, 2.45) is 5.92 Å². The Bertz CT molecular complexity index is 539. The maximum absolute atomic E-state index is 12.4. The smallest absolute Gasteiger partial charge is 0.223 e. The zero-order valence-electron chi connectivity index (χ0n) is 15.3. The third-order valence-corrected chi connectivity index (χ3v) is 4.86. The van der Waals surface area contributed by atoms with Crippen LogP contribution in [0, 0.1) is 5.92 Å². The Morgan fingerprint density at radius 3 is 2.42 bits per heavy atom. The van der Waals surface area contributed by atoms with Crippen molar-refractivity contribution in [1.82, 2.24) is 10.2 Å². The zero-order valence-corrected chi connectivity index (χ0v) is 15.3. The van der Waals surface area contributed by atoms with Crippen LogP contribution in [-0.4, -0.2) is 45.7 Å². The molecule has 0 bridgehead atoms. The number of benzene rings is 1. The minimum absolute atomic E-state index is 0.0948. The van der Waals surface area contributed by atoms with Crippen molar-refractivity contribution in [3.63, 3.8) is 0 Å². The molecule has 1 aromatic carbocycles. The van der Waals surface area contributed by atoms with Crippen LogP contribution in [0.25, 0.3) is 0 Å². The molecule has 1 amide bonds. The molecule has 1 N–H and O–H groups in total. The van der Waals surface area contributed by atoms with Gasteiger partial charge >= 0.3 is 0 Å². The molecule has 1 unspecified atom stereocenters. The number of likely N-dealkylation sites (N-methyl/N-ethyl adjacent to an activating group) is 1. The maximum atomic E-state index is 12.4. The van der Waals surface area contributed by atoms with E-state index in [1.807, 2.05) is 32.3 Å². The molecule has 1 saturated carbocycles. The van der Waals surface area contributed by atoms with Gasteiger partial charge in [-0.25, -0.2) is 0 Å². The van der Waals surface area contributed by atoms with Crippen LogP contribution in [0.5, 0.6) is 11.5 Å². The fourth-order valence-corrected chi connectivity index (χ4v) is 3.37. The summed E-state index contributed by atoms with van der Waals surface area (Å²) in [4.78, 5) is 14.5. The summed E-state index contributed by atoms with van der Waals surface area (Å²) in [7, 11) is 7.31. The monoisotopic (exact) mass is 334 g/mol. The van der Waals surface area contributed by atoms with Crippen LogP contribution in [0.1, 0.15) is 43.7 Å². The topological polar surface area (TPSA) is 50.8 Å². The summed E-state index contributed by atoms with van der Waals surface area (Å²) in [6.45, 7) is 0.595. The van der Waals surface area contributed by atoms with E-state index in [2.05, 4.69) is 10.2 Å². The number of hydrogen-bond donors (Lipinski definition) is 1. The van der Waals surface area contributed by atoms with Crippen LogP contribution in [0.15, 0.2) is 18.2 Å². The van der Waals surface area contributed by atoms with Gasteiger partial charge < -0.3 is 19.7 Å². The van der Waals surface area contributed by atoms with Crippen LogP contribution in [0.4, 0.5) is 0 Å². The number of ether oxygens (including phenoxy) is 2. The molecule has 0 radical (unpaired) electrons. The highest BCUT2D eigenvalue weighted by molar-refractivity contribution is 5.78. The molecule has 0 heterocycles. The van der Waals surface area contributed by atoms with Gasteiger partial charge in [-0.15, -0.1) is 0 Å². The number of hydrogen-bond acceptors (Lipinski definition) is 4. The number of nitrogens with one attached hydrogen (secondary N) is 1.